The molecule has 1 aliphatic heterocycles. The van der Waals surface area contributed by atoms with Crippen molar-refractivity contribution in [2.45, 2.75) is 51.8 Å². The van der Waals surface area contributed by atoms with Crippen molar-refractivity contribution in [3.63, 3.8) is 0 Å². The number of rotatable bonds is 12. The molecule has 7 nitrogen and oxygen atoms in total. The van der Waals surface area contributed by atoms with Crippen LogP contribution in [0.5, 0.6) is 5.75 Å². The highest BCUT2D eigenvalue weighted by Gasteiger charge is 2.24. The van der Waals surface area contributed by atoms with Gasteiger partial charge >= 0.3 is 5.76 Å². The lowest BCUT2D eigenvalue weighted by Crippen LogP contribution is -2.38. The minimum atomic E-state index is -3.08. The summed E-state index contributed by atoms with van der Waals surface area (Å²) >= 11 is 14.2. The normalized spacial score (nSPS) is 17.2. The van der Waals surface area contributed by atoms with Gasteiger partial charge in [-0.05, 0) is 55.8 Å². The van der Waals surface area contributed by atoms with Crippen LogP contribution in [-0.4, -0.2) is 46.2 Å². The number of alkyl halides is 3. The van der Waals surface area contributed by atoms with Gasteiger partial charge in [0.1, 0.15) is 16.5 Å². The Morgan fingerprint density at radius 3 is 2.62 bits per heavy atom. The maximum absolute atomic E-state index is 12.7. The summed E-state index contributed by atoms with van der Waals surface area (Å²) < 4.78 is 55.1. The molecule has 1 aromatic carbocycles. The summed E-state index contributed by atoms with van der Waals surface area (Å²) in [6.45, 7) is 11.8. The molecule has 40 heavy (non-hydrogen) atoms. The van der Waals surface area contributed by atoms with Crippen LogP contribution < -0.4 is 20.1 Å². The van der Waals surface area contributed by atoms with E-state index >= 15 is 0 Å². The summed E-state index contributed by atoms with van der Waals surface area (Å²) in [6.07, 6.45) is 4.55. The molecule has 3 rings (SSSR count). The predicted octanol–water partition coefficient (Wildman–Crippen LogP) is 7.89. The van der Waals surface area contributed by atoms with Crippen LogP contribution in [0.4, 0.5) is 24.8 Å². The Labute approximate surface area is 250 Å². The van der Waals surface area contributed by atoms with Crippen molar-refractivity contribution in [2.75, 3.05) is 30.3 Å². The van der Waals surface area contributed by atoms with E-state index in [2.05, 4.69) is 26.9 Å². The van der Waals surface area contributed by atoms with Crippen molar-refractivity contribution in [1.82, 2.24) is 15.3 Å². The summed E-state index contributed by atoms with van der Waals surface area (Å²) in [5.41, 5.74) is 0.666. The second kappa shape index (κ2) is 17.1. The molecule has 1 aromatic heterocycles. The predicted molar refractivity (Wildman–Crippen MR) is 162 cm³/mol. The Kier molecular flexibility index (Phi) is 14.6. The Balaban J connectivity index is 0.00000274. The smallest absolute Gasteiger partial charge is 0.330 e. The van der Waals surface area contributed by atoms with Crippen molar-refractivity contribution in [3.05, 3.63) is 57.4 Å². The molecule has 0 amide bonds. The van der Waals surface area contributed by atoms with Gasteiger partial charge in [-0.15, -0.1) is 0 Å². The van der Waals surface area contributed by atoms with Gasteiger partial charge in [0.2, 0.25) is 5.95 Å². The number of hydrogen-bond donors (Lipinski definition) is 3. The fourth-order valence-corrected chi connectivity index (χ4v) is 5.48. The van der Waals surface area contributed by atoms with E-state index in [0.29, 0.717) is 24.6 Å². The molecule has 0 bridgehead atoms. The number of ether oxygens (including phenoxy) is 1. The Morgan fingerprint density at radius 2 is 2.02 bits per heavy atom. The van der Waals surface area contributed by atoms with Crippen LogP contribution in [-0.2, 0) is 11.0 Å². The molecule has 2 aromatic rings. The number of anilines is 2. The van der Waals surface area contributed by atoms with E-state index in [-0.39, 0.29) is 33.4 Å². The van der Waals surface area contributed by atoms with Gasteiger partial charge in [-0.2, -0.15) is 8.78 Å². The molecule has 3 N–H and O–H groups in total. The molecule has 222 valence electrons. The van der Waals surface area contributed by atoms with E-state index < -0.39 is 16.7 Å². The van der Waals surface area contributed by atoms with E-state index in [0.717, 1.165) is 42.2 Å². The quantitative estimate of drug-likeness (QED) is 0.203. The molecule has 1 saturated heterocycles. The number of benzene rings is 1. The van der Waals surface area contributed by atoms with Crippen LogP contribution in [0.1, 0.15) is 45.7 Å². The largest absolute Gasteiger partial charge is 0.459 e. The van der Waals surface area contributed by atoms with Gasteiger partial charge in [-0.3, -0.25) is 9.11 Å². The Morgan fingerprint density at radius 1 is 1.30 bits per heavy atom. The SMILES string of the molecule is C=C(C)S/C(=C(/Oc1ccc(NS(=O)C(F)F)c(Cl)c1Cl)C(C)CC)c1ccnc(NC2CCCNC2)n1.CF. The first-order valence-electron chi connectivity index (χ1n) is 12.5. The first-order valence-corrected chi connectivity index (χ1v) is 15.3. The van der Waals surface area contributed by atoms with Crippen molar-refractivity contribution in [3.8, 4) is 5.75 Å². The van der Waals surface area contributed by atoms with Crippen LogP contribution in [0.2, 0.25) is 10.0 Å². The molecule has 0 radical (unpaired) electrons. The van der Waals surface area contributed by atoms with Crippen molar-refractivity contribution in [2.24, 2.45) is 5.92 Å². The van der Waals surface area contributed by atoms with Gasteiger partial charge in [0.15, 0.2) is 11.0 Å². The standard InChI is InChI=1S/C25H31Cl2F2N5O2S2.CH3F/c1-5-15(4)22(36-19-9-8-17(20(26)21(19)27)34-38(35)24(28)29)23(37-14(2)3)18-10-12-31-25(33-18)32-16-7-6-11-30-13-16;1-2/h8-10,12,15-16,24,30,34H,2,5-7,11,13H2,1,3-4H3,(H,31,32,33);1H3/b23-22+;. The first-order chi connectivity index (χ1) is 19.1. The number of aromatic nitrogens is 2. The van der Waals surface area contributed by atoms with Gasteiger partial charge < -0.3 is 15.4 Å². The Hall–Kier alpha value is -1.99. The third kappa shape index (κ3) is 9.83. The highest BCUT2D eigenvalue weighted by atomic mass is 35.5. The summed E-state index contributed by atoms with van der Waals surface area (Å²) in [4.78, 5) is 10.8. The van der Waals surface area contributed by atoms with Crippen molar-refractivity contribution in [1.29, 1.82) is 0 Å². The van der Waals surface area contributed by atoms with E-state index in [1.54, 1.807) is 6.20 Å². The second-order valence-corrected chi connectivity index (χ2v) is 12.0. The second-order valence-electron chi connectivity index (χ2n) is 8.76. The number of hydrogen-bond acceptors (Lipinski definition) is 7. The number of allylic oxidation sites excluding steroid dienone is 2. The molecule has 3 unspecified atom stereocenters. The topological polar surface area (TPSA) is 88.2 Å². The lowest BCUT2D eigenvalue weighted by molar-refractivity contribution is 0.244. The minimum absolute atomic E-state index is 0.00162. The molecule has 0 saturated carbocycles. The third-order valence-corrected chi connectivity index (χ3v) is 8.29. The van der Waals surface area contributed by atoms with Crippen LogP contribution in [0.25, 0.3) is 4.91 Å². The highest BCUT2D eigenvalue weighted by Crippen LogP contribution is 2.43. The average molecular weight is 641 g/mol. The molecule has 1 fully saturated rings. The van der Waals surface area contributed by atoms with Crippen molar-refractivity contribution < 1.29 is 22.1 Å². The van der Waals surface area contributed by atoms with Crippen molar-refractivity contribution >= 4 is 62.5 Å². The zero-order valence-corrected chi connectivity index (χ0v) is 25.8. The number of thioether (sulfide) groups is 1. The summed E-state index contributed by atoms with van der Waals surface area (Å²) in [7, 11) is -2.13. The summed E-state index contributed by atoms with van der Waals surface area (Å²) in [5, 5.41) is 6.70. The van der Waals surface area contributed by atoms with Crippen LogP contribution in [0, 0.1) is 5.92 Å². The maximum atomic E-state index is 12.7. The minimum Gasteiger partial charge on any atom is -0.459 e. The summed E-state index contributed by atoms with van der Waals surface area (Å²) in [5.74, 6) is -1.79. The van der Waals surface area contributed by atoms with E-state index in [9.17, 15) is 17.4 Å². The van der Waals surface area contributed by atoms with Gasteiger partial charge in [-0.1, -0.05) is 55.4 Å². The van der Waals surface area contributed by atoms with Crippen LogP contribution in [0.15, 0.2) is 41.6 Å². The third-order valence-electron chi connectivity index (χ3n) is 5.72. The summed E-state index contributed by atoms with van der Waals surface area (Å²) in [6, 6.07) is 4.93. The lowest BCUT2D eigenvalue weighted by atomic mass is 10.1. The van der Waals surface area contributed by atoms with Gasteiger partial charge in [0.25, 0.3) is 0 Å². The molecule has 0 spiro atoms. The first kappa shape index (κ1) is 34.2. The van der Waals surface area contributed by atoms with E-state index in [4.69, 9.17) is 32.9 Å². The molecular weight excluding hydrogens is 606 g/mol. The number of piperidine rings is 1. The van der Waals surface area contributed by atoms with Crippen LogP contribution >= 0.6 is 35.0 Å². The molecular formula is C26H34Cl2F3N5O2S2. The fourth-order valence-electron chi connectivity index (χ4n) is 3.63. The zero-order valence-electron chi connectivity index (χ0n) is 22.7. The molecule has 2 heterocycles. The van der Waals surface area contributed by atoms with Gasteiger partial charge in [0.05, 0.1) is 28.5 Å². The molecule has 0 aliphatic carbocycles. The maximum Gasteiger partial charge on any atom is 0.330 e. The van der Waals surface area contributed by atoms with Gasteiger partial charge in [0, 0.05) is 24.7 Å². The molecule has 3 atom stereocenters. The zero-order chi connectivity index (χ0) is 29.8. The number of halogens is 5. The number of nitrogens with one attached hydrogen (secondary N) is 3. The fraction of sp³-hybridized carbons (Fsp3) is 0.462. The molecule has 1 aliphatic rings. The Bertz CT molecular complexity index is 1200. The van der Waals surface area contributed by atoms with Crippen LogP contribution in [0.3, 0.4) is 0 Å². The van der Waals surface area contributed by atoms with E-state index in [1.165, 1.54) is 23.9 Å². The van der Waals surface area contributed by atoms with E-state index in [1.807, 2.05) is 26.8 Å². The average Bonchev–Trinajstić information content (AvgIpc) is 2.95. The monoisotopic (exact) mass is 639 g/mol. The molecule has 14 heteroatoms. The number of nitrogens with zero attached hydrogens (tertiary/aromatic N) is 2. The lowest BCUT2D eigenvalue weighted by Gasteiger charge is -2.24. The highest BCUT2D eigenvalue weighted by molar-refractivity contribution is 8.11. The van der Waals surface area contributed by atoms with Gasteiger partial charge in [-0.25, -0.2) is 14.2 Å².